The highest BCUT2D eigenvalue weighted by atomic mass is 32.2. The maximum Gasteiger partial charge on any atom is 0.277 e. The van der Waals surface area contributed by atoms with Crippen LogP contribution in [0, 0.1) is 6.92 Å². The van der Waals surface area contributed by atoms with E-state index in [1.54, 1.807) is 17.2 Å². The van der Waals surface area contributed by atoms with Gasteiger partial charge in [-0.3, -0.25) is 9.78 Å². The summed E-state index contributed by atoms with van der Waals surface area (Å²) in [6, 6.07) is 3.59. The van der Waals surface area contributed by atoms with Crippen molar-refractivity contribution in [1.82, 2.24) is 14.2 Å². The maximum absolute atomic E-state index is 12.2. The lowest BCUT2D eigenvalue weighted by atomic mass is 10.2. The molecule has 0 bridgehead atoms. The Labute approximate surface area is 112 Å². The molecule has 1 aromatic rings. The van der Waals surface area contributed by atoms with Gasteiger partial charge >= 0.3 is 0 Å². The molecular formula is C11H16N4O3S. The summed E-state index contributed by atoms with van der Waals surface area (Å²) in [5.74, 6) is -0.174. The zero-order chi connectivity index (χ0) is 14.0. The Morgan fingerprint density at radius 2 is 1.95 bits per heavy atom. The number of amides is 1. The van der Waals surface area contributed by atoms with E-state index < -0.39 is 10.2 Å². The molecule has 1 aromatic heterocycles. The predicted molar refractivity (Wildman–Crippen MR) is 69.6 cm³/mol. The van der Waals surface area contributed by atoms with Gasteiger partial charge in [-0.25, -0.2) is 5.14 Å². The van der Waals surface area contributed by atoms with Gasteiger partial charge in [-0.05, 0) is 18.6 Å². The molecule has 1 aliphatic heterocycles. The zero-order valence-corrected chi connectivity index (χ0v) is 11.4. The molecular weight excluding hydrogens is 268 g/mol. The molecule has 7 nitrogen and oxygen atoms in total. The first-order chi connectivity index (χ1) is 8.89. The molecule has 2 heterocycles. The molecule has 1 aliphatic rings. The number of aromatic nitrogens is 1. The first-order valence-electron chi connectivity index (χ1n) is 5.88. The molecule has 0 radical (unpaired) electrons. The minimum Gasteiger partial charge on any atom is -0.335 e. The summed E-state index contributed by atoms with van der Waals surface area (Å²) >= 11 is 0. The summed E-state index contributed by atoms with van der Waals surface area (Å²) in [4.78, 5) is 17.9. The van der Waals surface area contributed by atoms with Gasteiger partial charge in [0.1, 0.15) is 5.69 Å². The van der Waals surface area contributed by atoms with Crippen LogP contribution in [0.15, 0.2) is 18.3 Å². The van der Waals surface area contributed by atoms with Crippen molar-refractivity contribution in [2.45, 2.75) is 6.92 Å². The van der Waals surface area contributed by atoms with Crippen LogP contribution in [0.2, 0.25) is 0 Å². The van der Waals surface area contributed by atoms with Crippen molar-refractivity contribution in [2.75, 3.05) is 26.2 Å². The van der Waals surface area contributed by atoms with Gasteiger partial charge in [0.15, 0.2) is 0 Å². The minimum atomic E-state index is -3.67. The van der Waals surface area contributed by atoms with Gasteiger partial charge in [-0.2, -0.15) is 12.7 Å². The number of nitrogens with two attached hydrogens (primary N) is 1. The molecule has 1 fully saturated rings. The lowest BCUT2D eigenvalue weighted by molar-refractivity contribution is 0.0691. The molecule has 0 saturated carbocycles. The fraction of sp³-hybridized carbons (Fsp3) is 0.455. The third kappa shape index (κ3) is 3.09. The normalized spacial score (nSPS) is 17.5. The lowest BCUT2D eigenvalue weighted by Crippen LogP contribution is -2.52. The van der Waals surface area contributed by atoms with Crippen LogP contribution in [-0.2, 0) is 10.2 Å². The number of hydrogen-bond acceptors (Lipinski definition) is 4. The van der Waals surface area contributed by atoms with E-state index in [-0.39, 0.29) is 19.0 Å². The molecule has 0 spiro atoms. The Bertz CT molecular complexity index is 579. The van der Waals surface area contributed by atoms with Crippen molar-refractivity contribution in [3.63, 3.8) is 0 Å². The highest BCUT2D eigenvalue weighted by Gasteiger charge is 2.27. The van der Waals surface area contributed by atoms with E-state index in [1.165, 1.54) is 4.31 Å². The van der Waals surface area contributed by atoms with Gasteiger partial charge in [0.25, 0.3) is 16.1 Å². The summed E-state index contributed by atoms with van der Waals surface area (Å²) in [7, 11) is -3.67. The predicted octanol–water partition coefficient (Wildman–Crippen LogP) is -0.649. The molecule has 2 rings (SSSR count). The fourth-order valence-corrected chi connectivity index (χ4v) is 2.68. The van der Waals surface area contributed by atoms with Crippen molar-refractivity contribution >= 4 is 16.1 Å². The van der Waals surface area contributed by atoms with Crippen LogP contribution in [-0.4, -0.2) is 54.7 Å². The number of piperazine rings is 1. The summed E-state index contributed by atoms with van der Waals surface area (Å²) in [5.41, 5.74) is 1.22. The smallest absolute Gasteiger partial charge is 0.277 e. The van der Waals surface area contributed by atoms with E-state index in [4.69, 9.17) is 5.14 Å². The van der Waals surface area contributed by atoms with E-state index in [1.807, 2.05) is 13.0 Å². The number of carbonyl (C=O) groups is 1. The molecule has 0 aromatic carbocycles. The first kappa shape index (κ1) is 13.9. The molecule has 0 atom stereocenters. The highest BCUT2D eigenvalue weighted by Crippen LogP contribution is 2.11. The third-order valence-corrected chi connectivity index (χ3v) is 4.18. The Hall–Kier alpha value is -1.51. The molecule has 1 amide bonds. The summed E-state index contributed by atoms with van der Waals surface area (Å²) in [6.07, 6.45) is 1.57. The summed E-state index contributed by atoms with van der Waals surface area (Å²) in [5, 5.41) is 5.05. The van der Waals surface area contributed by atoms with Gasteiger partial charge in [-0.1, -0.05) is 6.07 Å². The number of hydrogen-bond donors (Lipinski definition) is 1. The number of aryl methyl sites for hydroxylation is 1. The Morgan fingerprint density at radius 3 is 2.47 bits per heavy atom. The second kappa shape index (κ2) is 5.24. The lowest BCUT2D eigenvalue weighted by Gasteiger charge is -2.32. The van der Waals surface area contributed by atoms with E-state index in [9.17, 15) is 13.2 Å². The molecule has 8 heteroatoms. The van der Waals surface area contributed by atoms with Gasteiger partial charge in [0, 0.05) is 32.4 Å². The van der Waals surface area contributed by atoms with Gasteiger partial charge in [0.2, 0.25) is 0 Å². The molecule has 1 saturated heterocycles. The Kier molecular flexibility index (Phi) is 3.83. The van der Waals surface area contributed by atoms with E-state index in [2.05, 4.69) is 4.98 Å². The van der Waals surface area contributed by atoms with Crippen LogP contribution in [0.3, 0.4) is 0 Å². The van der Waals surface area contributed by atoms with Crippen molar-refractivity contribution in [2.24, 2.45) is 5.14 Å². The molecule has 19 heavy (non-hydrogen) atoms. The number of pyridine rings is 1. The van der Waals surface area contributed by atoms with Crippen molar-refractivity contribution in [3.05, 3.63) is 29.6 Å². The van der Waals surface area contributed by atoms with Crippen LogP contribution < -0.4 is 5.14 Å². The monoisotopic (exact) mass is 284 g/mol. The largest absolute Gasteiger partial charge is 0.335 e. The molecule has 0 unspecified atom stereocenters. The minimum absolute atomic E-state index is 0.174. The highest BCUT2D eigenvalue weighted by molar-refractivity contribution is 7.86. The van der Waals surface area contributed by atoms with E-state index >= 15 is 0 Å². The van der Waals surface area contributed by atoms with Gasteiger partial charge in [-0.15, -0.1) is 0 Å². The Morgan fingerprint density at radius 1 is 1.32 bits per heavy atom. The van der Waals surface area contributed by atoms with E-state index in [0.29, 0.717) is 18.8 Å². The van der Waals surface area contributed by atoms with Crippen LogP contribution in [0.1, 0.15) is 16.1 Å². The van der Waals surface area contributed by atoms with Crippen LogP contribution in [0.25, 0.3) is 0 Å². The van der Waals surface area contributed by atoms with Gasteiger partial charge < -0.3 is 4.90 Å². The number of rotatable bonds is 2. The Balaban J connectivity index is 2.07. The first-order valence-corrected chi connectivity index (χ1v) is 7.38. The fourth-order valence-electron chi connectivity index (χ4n) is 2.01. The van der Waals surface area contributed by atoms with E-state index in [0.717, 1.165) is 5.56 Å². The zero-order valence-electron chi connectivity index (χ0n) is 10.6. The number of nitrogens with zero attached hydrogens (tertiary/aromatic N) is 3. The molecule has 0 aliphatic carbocycles. The summed E-state index contributed by atoms with van der Waals surface area (Å²) < 4.78 is 23.5. The van der Waals surface area contributed by atoms with Gasteiger partial charge in [0.05, 0.1) is 0 Å². The summed E-state index contributed by atoms with van der Waals surface area (Å²) in [6.45, 7) is 2.91. The third-order valence-electron chi connectivity index (χ3n) is 3.10. The topological polar surface area (TPSA) is 96.6 Å². The van der Waals surface area contributed by atoms with Crippen LogP contribution in [0.4, 0.5) is 0 Å². The quantitative estimate of drug-likeness (QED) is 0.780. The standard InChI is InChI=1S/C11H16N4O3S/c1-9-3-2-4-13-10(9)11(16)14-5-7-15(8-6-14)19(12,17)18/h2-4H,5-8H2,1H3,(H2,12,17,18). The van der Waals surface area contributed by atoms with Crippen LogP contribution in [0.5, 0.6) is 0 Å². The average Bonchev–Trinajstić information content (AvgIpc) is 2.38. The SMILES string of the molecule is Cc1cccnc1C(=O)N1CCN(S(N)(=O)=O)CC1. The molecule has 104 valence electrons. The van der Waals surface area contributed by atoms with Crippen molar-refractivity contribution in [1.29, 1.82) is 0 Å². The second-order valence-electron chi connectivity index (χ2n) is 4.41. The number of carbonyl (C=O) groups excluding carboxylic acids is 1. The van der Waals surface area contributed by atoms with Crippen molar-refractivity contribution in [3.8, 4) is 0 Å². The second-order valence-corrected chi connectivity index (χ2v) is 5.95. The molecule has 2 N–H and O–H groups in total. The van der Waals surface area contributed by atoms with Crippen molar-refractivity contribution < 1.29 is 13.2 Å². The average molecular weight is 284 g/mol. The van der Waals surface area contributed by atoms with Crippen LogP contribution >= 0.6 is 0 Å². The maximum atomic E-state index is 12.2.